The third-order valence-electron chi connectivity index (χ3n) is 5.18. The molecule has 4 heteroatoms. The molecule has 0 bridgehead atoms. The lowest BCUT2D eigenvalue weighted by Gasteiger charge is -2.07. The first kappa shape index (κ1) is 15.2. The summed E-state index contributed by atoms with van der Waals surface area (Å²) in [6.07, 6.45) is 5.40. The molecule has 0 amide bonds. The zero-order valence-corrected chi connectivity index (χ0v) is 14.9. The second-order valence-electron chi connectivity index (χ2n) is 6.81. The van der Waals surface area contributed by atoms with Crippen LogP contribution in [-0.2, 0) is 0 Å². The van der Waals surface area contributed by atoms with Crippen molar-refractivity contribution in [3.63, 3.8) is 0 Å². The molecule has 0 aliphatic heterocycles. The Morgan fingerprint density at radius 3 is 2.43 bits per heavy atom. The molecule has 0 radical (unpaired) electrons. The molecule has 0 fully saturated rings. The molecule has 28 heavy (non-hydrogen) atoms. The van der Waals surface area contributed by atoms with Crippen molar-refractivity contribution in [1.82, 2.24) is 14.5 Å². The Morgan fingerprint density at radius 1 is 0.714 bits per heavy atom. The van der Waals surface area contributed by atoms with Gasteiger partial charge in [0.05, 0.1) is 35.4 Å². The normalized spacial score (nSPS) is 11.6. The van der Waals surface area contributed by atoms with Gasteiger partial charge in [0.15, 0.2) is 5.82 Å². The van der Waals surface area contributed by atoms with Crippen LogP contribution in [0.5, 0.6) is 0 Å². The van der Waals surface area contributed by atoms with Crippen LogP contribution < -0.4 is 0 Å². The SMILES string of the molecule is c1ccc(-c2cnc(-n3c4ccccc4c4cc5occc5cc43)cn2)cc1. The Labute approximate surface area is 160 Å². The lowest BCUT2D eigenvalue weighted by molar-refractivity contribution is 0.616. The van der Waals surface area contributed by atoms with E-state index in [4.69, 9.17) is 9.40 Å². The van der Waals surface area contributed by atoms with E-state index in [9.17, 15) is 0 Å². The molecular weight excluding hydrogens is 346 g/mol. The van der Waals surface area contributed by atoms with Gasteiger partial charge in [-0.2, -0.15) is 0 Å². The molecule has 0 unspecified atom stereocenters. The monoisotopic (exact) mass is 361 g/mol. The molecule has 0 saturated carbocycles. The summed E-state index contributed by atoms with van der Waals surface area (Å²) in [6.45, 7) is 0. The minimum atomic E-state index is 0.800. The zero-order chi connectivity index (χ0) is 18.5. The number of aromatic nitrogens is 3. The van der Waals surface area contributed by atoms with Gasteiger partial charge in [-0.15, -0.1) is 0 Å². The summed E-state index contributed by atoms with van der Waals surface area (Å²) in [6, 6.07) is 24.7. The van der Waals surface area contributed by atoms with Gasteiger partial charge in [0.2, 0.25) is 0 Å². The number of benzene rings is 3. The topological polar surface area (TPSA) is 43.9 Å². The van der Waals surface area contributed by atoms with E-state index in [2.05, 4.69) is 39.9 Å². The van der Waals surface area contributed by atoms with Crippen LogP contribution in [0.25, 0.3) is 49.9 Å². The summed E-state index contributed by atoms with van der Waals surface area (Å²) in [4.78, 5) is 9.41. The van der Waals surface area contributed by atoms with Crippen molar-refractivity contribution >= 4 is 32.8 Å². The molecule has 0 aliphatic rings. The Kier molecular flexibility index (Phi) is 3.14. The molecule has 0 atom stereocenters. The smallest absolute Gasteiger partial charge is 0.156 e. The van der Waals surface area contributed by atoms with Gasteiger partial charge in [0.25, 0.3) is 0 Å². The van der Waals surface area contributed by atoms with Crippen LogP contribution in [0.4, 0.5) is 0 Å². The lowest BCUT2D eigenvalue weighted by Crippen LogP contribution is -1.99. The highest BCUT2D eigenvalue weighted by Gasteiger charge is 2.15. The van der Waals surface area contributed by atoms with Crippen molar-refractivity contribution in [1.29, 1.82) is 0 Å². The van der Waals surface area contributed by atoms with Crippen molar-refractivity contribution in [3.05, 3.63) is 91.5 Å². The summed E-state index contributed by atoms with van der Waals surface area (Å²) in [5, 5.41) is 3.39. The van der Waals surface area contributed by atoms with Crippen LogP contribution in [0.3, 0.4) is 0 Å². The first-order chi connectivity index (χ1) is 13.9. The quantitative estimate of drug-likeness (QED) is 0.381. The predicted molar refractivity (Wildman–Crippen MR) is 112 cm³/mol. The third-order valence-corrected chi connectivity index (χ3v) is 5.18. The van der Waals surface area contributed by atoms with Crippen LogP contribution in [0.1, 0.15) is 0 Å². The second kappa shape index (κ2) is 5.79. The number of hydrogen-bond acceptors (Lipinski definition) is 3. The molecule has 132 valence electrons. The third kappa shape index (κ3) is 2.18. The van der Waals surface area contributed by atoms with Crippen LogP contribution in [-0.4, -0.2) is 14.5 Å². The average Bonchev–Trinajstić information content (AvgIpc) is 3.35. The standard InChI is InChI=1S/C24H15N3O/c1-2-6-16(7-3-1)20-14-26-24(15-25-20)27-21-9-5-4-8-18(21)19-13-23-17(10-11-28-23)12-22(19)27/h1-15H. The summed E-state index contributed by atoms with van der Waals surface area (Å²) in [7, 11) is 0. The molecule has 0 N–H and O–H groups in total. The van der Waals surface area contributed by atoms with Gasteiger partial charge in [-0.25, -0.2) is 4.98 Å². The first-order valence-corrected chi connectivity index (χ1v) is 9.17. The van der Waals surface area contributed by atoms with Crippen LogP contribution in [0, 0.1) is 0 Å². The summed E-state index contributed by atoms with van der Waals surface area (Å²) >= 11 is 0. The Balaban J connectivity index is 1.62. The number of nitrogens with zero attached hydrogens (tertiary/aromatic N) is 3. The number of hydrogen-bond donors (Lipinski definition) is 0. The minimum Gasteiger partial charge on any atom is -0.464 e. The van der Waals surface area contributed by atoms with Gasteiger partial charge < -0.3 is 4.42 Å². The molecule has 0 saturated heterocycles. The fourth-order valence-corrected chi connectivity index (χ4v) is 3.87. The van der Waals surface area contributed by atoms with Gasteiger partial charge >= 0.3 is 0 Å². The van der Waals surface area contributed by atoms with Crippen molar-refractivity contribution in [2.75, 3.05) is 0 Å². The Morgan fingerprint density at radius 2 is 1.57 bits per heavy atom. The van der Waals surface area contributed by atoms with Gasteiger partial charge in [0, 0.05) is 21.7 Å². The highest BCUT2D eigenvalue weighted by molar-refractivity contribution is 6.12. The molecule has 0 aliphatic carbocycles. The van der Waals surface area contributed by atoms with Crippen molar-refractivity contribution in [2.24, 2.45) is 0 Å². The lowest BCUT2D eigenvalue weighted by atomic mass is 10.1. The molecule has 6 aromatic rings. The van der Waals surface area contributed by atoms with Gasteiger partial charge in [-0.1, -0.05) is 48.5 Å². The maximum absolute atomic E-state index is 5.62. The van der Waals surface area contributed by atoms with Crippen molar-refractivity contribution in [3.8, 4) is 17.1 Å². The van der Waals surface area contributed by atoms with Crippen LogP contribution >= 0.6 is 0 Å². The maximum Gasteiger partial charge on any atom is 0.156 e. The fourth-order valence-electron chi connectivity index (χ4n) is 3.87. The highest BCUT2D eigenvalue weighted by atomic mass is 16.3. The van der Waals surface area contributed by atoms with E-state index in [-0.39, 0.29) is 0 Å². The molecule has 0 spiro atoms. The number of para-hydroxylation sites is 1. The van der Waals surface area contributed by atoms with E-state index < -0.39 is 0 Å². The van der Waals surface area contributed by atoms with E-state index in [0.29, 0.717) is 0 Å². The fraction of sp³-hybridized carbons (Fsp3) is 0. The molecule has 3 heterocycles. The number of rotatable bonds is 2. The van der Waals surface area contributed by atoms with Crippen molar-refractivity contribution in [2.45, 2.75) is 0 Å². The maximum atomic E-state index is 5.62. The van der Waals surface area contributed by atoms with Gasteiger partial charge in [0.1, 0.15) is 5.58 Å². The average molecular weight is 361 g/mol. The number of furan rings is 1. The van der Waals surface area contributed by atoms with E-state index in [0.717, 1.165) is 44.5 Å². The van der Waals surface area contributed by atoms with Crippen LogP contribution in [0.2, 0.25) is 0 Å². The van der Waals surface area contributed by atoms with E-state index in [1.165, 1.54) is 5.39 Å². The molecule has 6 rings (SSSR count). The largest absolute Gasteiger partial charge is 0.464 e. The summed E-state index contributed by atoms with van der Waals surface area (Å²) in [5.41, 5.74) is 5.01. The molecule has 3 aromatic heterocycles. The van der Waals surface area contributed by atoms with E-state index in [1.54, 1.807) is 6.26 Å². The Hall–Kier alpha value is -3.92. The minimum absolute atomic E-state index is 0.800. The van der Waals surface area contributed by atoms with Crippen molar-refractivity contribution < 1.29 is 4.42 Å². The van der Waals surface area contributed by atoms with Gasteiger partial charge in [-0.3, -0.25) is 9.55 Å². The second-order valence-corrected chi connectivity index (χ2v) is 6.81. The highest BCUT2D eigenvalue weighted by Crippen LogP contribution is 2.34. The van der Waals surface area contributed by atoms with E-state index in [1.807, 2.05) is 54.9 Å². The zero-order valence-electron chi connectivity index (χ0n) is 14.9. The Bertz CT molecular complexity index is 1440. The van der Waals surface area contributed by atoms with Gasteiger partial charge in [-0.05, 0) is 24.3 Å². The number of fused-ring (bicyclic) bond motifs is 4. The molecule has 4 nitrogen and oxygen atoms in total. The summed E-state index contributed by atoms with van der Waals surface area (Å²) < 4.78 is 7.78. The molecular formula is C24H15N3O. The first-order valence-electron chi connectivity index (χ1n) is 9.17. The van der Waals surface area contributed by atoms with E-state index >= 15 is 0 Å². The predicted octanol–water partition coefficient (Wildman–Crippen LogP) is 5.99. The summed E-state index contributed by atoms with van der Waals surface area (Å²) in [5.74, 6) is 0.800. The van der Waals surface area contributed by atoms with Crippen LogP contribution in [0.15, 0.2) is 95.9 Å². The molecule has 3 aromatic carbocycles.